The van der Waals surface area contributed by atoms with Gasteiger partial charge in [-0.25, -0.2) is 0 Å². The monoisotopic (exact) mass is 187 g/mol. The summed E-state index contributed by atoms with van der Waals surface area (Å²) in [5, 5.41) is 0. The Morgan fingerprint density at radius 1 is 1.21 bits per heavy atom. The maximum Gasteiger partial charge on any atom is 0.136 e. The molecule has 0 unspecified atom stereocenters. The number of carbonyl (C=O) groups excluding carboxylic acids is 1. The molecule has 0 N–H and O–H groups in total. The van der Waals surface area contributed by atoms with Crippen molar-refractivity contribution in [1.29, 1.82) is 0 Å². The predicted molar refractivity (Wildman–Crippen MR) is 54.9 cm³/mol. The molecule has 0 aliphatic heterocycles. The molecule has 0 atom stereocenters. The Bertz CT molecular complexity index is 354. The molecule has 2 heteroatoms. The molecule has 1 heterocycles. The number of nitrogens with zero attached hydrogens (tertiary/aromatic N) is 1. The molecule has 1 aliphatic carbocycles. The zero-order valence-electron chi connectivity index (χ0n) is 8.07. The highest BCUT2D eigenvalue weighted by molar-refractivity contribution is 5.81. The molecule has 0 spiro atoms. The number of rotatable bonds is 2. The number of allylic oxidation sites excluding steroid dienone is 2. The molecule has 0 bridgehead atoms. The van der Waals surface area contributed by atoms with E-state index in [4.69, 9.17) is 0 Å². The van der Waals surface area contributed by atoms with Crippen molar-refractivity contribution in [3.05, 3.63) is 41.7 Å². The predicted octanol–water partition coefficient (Wildman–Crippen LogP) is 2.30. The zero-order valence-corrected chi connectivity index (χ0v) is 8.07. The van der Waals surface area contributed by atoms with Crippen LogP contribution in [0.5, 0.6) is 0 Å². The molecule has 1 aliphatic rings. The Hall–Kier alpha value is -1.44. The number of pyridine rings is 1. The molecule has 0 saturated carbocycles. The van der Waals surface area contributed by atoms with Crippen LogP contribution in [0.4, 0.5) is 0 Å². The van der Waals surface area contributed by atoms with Crippen molar-refractivity contribution in [3.8, 4) is 0 Å². The number of aromatic nitrogens is 1. The van der Waals surface area contributed by atoms with Gasteiger partial charge in [-0.15, -0.1) is 0 Å². The van der Waals surface area contributed by atoms with Crippen molar-refractivity contribution in [3.63, 3.8) is 0 Å². The van der Waals surface area contributed by atoms with Crippen LogP contribution in [0.25, 0.3) is 0 Å². The van der Waals surface area contributed by atoms with E-state index < -0.39 is 0 Å². The van der Waals surface area contributed by atoms with Gasteiger partial charge in [0.15, 0.2) is 0 Å². The number of ketones is 1. The Kier molecular flexibility index (Phi) is 2.73. The molecule has 0 saturated heterocycles. The van der Waals surface area contributed by atoms with Crippen LogP contribution in [0.3, 0.4) is 0 Å². The Morgan fingerprint density at radius 2 is 2.00 bits per heavy atom. The summed E-state index contributed by atoms with van der Waals surface area (Å²) in [4.78, 5) is 15.0. The van der Waals surface area contributed by atoms with Crippen molar-refractivity contribution in [2.45, 2.75) is 25.7 Å². The third-order valence-corrected chi connectivity index (χ3v) is 2.52. The second kappa shape index (κ2) is 4.18. The Labute approximate surface area is 83.7 Å². The quantitative estimate of drug-likeness (QED) is 0.665. The zero-order chi connectivity index (χ0) is 9.80. The number of hydrogen-bond acceptors (Lipinski definition) is 2. The summed E-state index contributed by atoms with van der Waals surface area (Å²) in [5.74, 6) is 0.364. The fourth-order valence-electron chi connectivity index (χ4n) is 1.69. The van der Waals surface area contributed by atoms with Gasteiger partial charge in [-0.3, -0.25) is 9.78 Å². The van der Waals surface area contributed by atoms with Crippen LogP contribution in [-0.4, -0.2) is 10.8 Å². The first-order valence-corrected chi connectivity index (χ1v) is 4.93. The fourth-order valence-corrected chi connectivity index (χ4v) is 1.69. The lowest BCUT2D eigenvalue weighted by molar-refractivity contribution is -0.118. The molecule has 2 rings (SSSR count). The average Bonchev–Trinajstić information content (AvgIpc) is 2.23. The van der Waals surface area contributed by atoms with E-state index in [1.54, 1.807) is 0 Å². The van der Waals surface area contributed by atoms with Gasteiger partial charge in [0.25, 0.3) is 0 Å². The van der Waals surface area contributed by atoms with Crippen LogP contribution in [0.2, 0.25) is 0 Å². The van der Waals surface area contributed by atoms with Crippen molar-refractivity contribution in [1.82, 2.24) is 4.98 Å². The lowest BCUT2D eigenvalue weighted by atomic mass is 9.94. The molecule has 0 radical (unpaired) electrons. The summed E-state index contributed by atoms with van der Waals surface area (Å²) < 4.78 is 0. The molecule has 0 fully saturated rings. The average molecular weight is 187 g/mol. The minimum atomic E-state index is 0.364. The minimum absolute atomic E-state index is 0.364. The second-order valence-electron chi connectivity index (χ2n) is 3.64. The second-order valence-corrected chi connectivity index (χ2v) is 3.64. The van der Waals surface area contributed by atoms with E-state index in [-0.39, 0.29) is 0 Å². The molecular formula is C12H13NO. The van der Waals surface area contributed by atoms with Crippen LogP contribution < -0.4 is 0 Å². The SMILES string of the molecule is O=C1CC=C(Cc2ccncc2)CC1. The summed E-state index contributed by atoms with van der Waals surface area (Å²) in [6.07, 6.45) is 8.94. The molecule has 1 aromatic rings. The van der Waals surface area contributed by atoms with Crippen LogP contribution >= 0.6 is 0 Å². The van der Waals surface area contributed by atoms with Gasteiger partial charge >= 0.3 is 0 Å². The summed E-state index contributed by atoms with van der Waals surface area (Å²) in [6.45, 7) is 0. The molecule has 72 valence electrons. The maximum atomic E-state index is 11.0. The van der Waals surface area contributed by atoms with E-state index in [9.17, 15) is 4.79 Å². The number of hydrogen-bond donors (Lipinski definition) is 0. The van der Waals surface area contributed by atoms with Crippen LogP contribution in [0, 0.1) is 0 Å². The molecular weight excluding hydrogens is 174 g/mol. The van der Waals surface area contributed by atoms with Gasteiger partial charge in [0.05, 0.1) is 0 Å². The molecule has 1 aromatic heterocycles. The largest absolute Gasteiger partial charge is 0.299 e. The van der Waals surface area contributed by atoms with Crippen LogP contribution in [0.15, 0.2) is 36.2 Å². The van der Waals surface area contributed by atoms with Gasteiger partial charge in [0.1, 0.15) is 5.78 Å². The lowest BCUT2D eigenvalue weighted by Crippen LogP contribution is -2.05. The van der Waals surface area contributed by atoms with E-state index in [1.807, 2.05) is 24.5 Å². The van der Waals surface area contributed by atoms with E-state index in [1.165, 1.54) is 11.1 Å². The van der Waals surface area contributed by atoms with Crippen LogP contribution in [-0.2, 0) is 11.2 Å². The topological polar surface area (TPSA) is 30.0 Å². The summed E-state index contributed by atoms with van der Waals surface area (Å²) in [5.41, 5.74) is 2.66. The Morgan fingerprint density at radius 3 is 2.64 bits per heavy atom. The van der Waals surface area contributed by atoms with Crippen molar-refractivity contribution in [2.24, 2.45) is 0 Å². The lowest BCUT2D eigenvalue weighted by Gasteiger charge is -2.11. The van der Waals surface area contributed by atoms with Gasteiger partial charge in [-0.2, -0.15) is 0 Å². The number of carbonyl (C=O) groups is 1. The summed E-state index contributed by atoms with van der Waals surface area (Å²) in [6, 6.07) is 4.05. The molecule has 14 heavy (non-hydrogen) atoms. The van der Waals surface area contributed by atoms with E-state index in [2.05, 4.69) is 11.1 Å². The van der Waals surface area contributed by atoms with Gasteiger partial charge in [-0.1, -0.05) is 11.6 Å². The highest BCUT2D eigenvalue weighted by Gasteiger charge is 2.10. The fraction of sp³-hybridized carbons (Fsp3) is 0.333. The standard InChI is InChI=1S/C12H13NO/c14-12-3-1-10(2-4-12)9-11-5-7-13-8-6-11/h1,5-8H,2-4,9H2. The highest BCUT2D eigenvalue weighted by atomic mass is 16.1. The molecule has 0 amide bonds. The van der Waals surface area contributed by atoms with E-state index >= 15 is 0 Å². The molecule has 0 aromatic carbocycles. The first-order valence-electron chi connectivity index (χ1n) is 4.93. The van der Waals surface area contributed by atoms with E-state index in [0.29, 0.717) is 12.2 Å². The minimum Gasteiger partial charge on any atom is -0.299 e. The smallest absolute Gasteiger partial charge is 0.136 e. The normalized spacial score (nSPS) is 16.6. The summed E-state index contributed by atoms with van der Waals surface area (Å²) >= 11 is 0. The van der Waals surface area contributed by atoms with Gasteiger partial charge in [-0.05, 0) is 30.5 Å². The number of Topliss-reactive ketones (excluding diaryl/α,β-unsaturated/α-hetero) is 1. The maximum absolute atomic E-state index is 11.0. The third kappa shape index (κ3) is 2.28. The van der Waals surface area contributed by atoms with Crippen molar-refractivity contribution in [2.75, 3.05) is 0 Å². The van der Waals surface area contributed by atoms with Gasteiger partial charge in [0.2, 0.25) is 0 Å². The molecule has 2 nitrogen and oxygen atoms in total. The van der Waals surface area contributed by atoms with Gasteiger partial charge in [0, 0.05) is 25.2 Å². The van der Waals surface area contributed by atoms with Crippen molar-refractivity contribution < 1.29 is 4.79 Å². The van der Waals surface area contributed by atoms with Crippen LogP contribution in [0.1, 0.15) is 24.8 Å². The van der Waals surface area contributed by atoms with E-state index in [0.717, 1.165) is 19.3 Å². The van der Waals surface area contributed by atoms with Gasteiger partial charge < -0.3 is 0 Å². The summed E-state index contributed by atoms with van der Waals surface area (Å²) in [7, 11) is 0. The third-order valence-electron chi connectivity index (χ3n) is 2.52. The first kappa shape index (κ1) is 9.13. The Balaban J connectivity index is 2.02. The highest BCUT2D eigenvalue weighted by Crippen LogP contribution is 2.18. The van der Waals surface area contributed by atoms with Crippen molar-refractivity contribution >= 4 is 5.78 Å². The first-order chi connectivity index (χ1) is 6.84.